The largest absolute Gasteiger partial charge is 0.497 e. The number of anilines is 1. The van der Waals surface area contributed by atoms with E-state index in [1.165, 1.54) is 11.3 Å². The molecular weight excluding hydrogens is 398 g/mol. The van der Waals surface area contributed by atoms with Crippen molar-refractivity contribution in [1.29, 1.82) is 0 Å². The van der Waals surface area contributed by atoms with Crippen molar-refractivity contribution in [1.82, 2.24) is 10.2 Å². The molecule has 0 bridgehead atoms. The fraction of sp³-hybridized carbons (Fsp3) is 0.296. The second-order valence-electron chi connectivity index (χ2n) is 8.19. The second-order valence-corrected chi connectivity index (χ2v) is 8.19. The molecule has 1 fully saturated rings. The zero-order valence-corrected chi connectivity index (χ0v) is 18.6. The summed E-state index contributed by atoms with van der Waals surface area (Å²) in [6, 6.07) is 28.7. The molecular formula is C27H31N3O2. The minimum Gasteiger partial charge on any atom is -0.497 e. The quantitative estimate of drug-likeness (QED) is 0.590. The number of hydrogen-bond acceptors (Lipinski definition) is 4. The van der Waals surface area contributed by atoms with Gasteiger partial charge in [-0.3, -0.25) is 9.69 Å². The van der Waals surface area contributed by atoms with Gasteiger partial charge >= 0.3 is 0 Å². The summed E-state index contributed by atoms with van der Waals surface area (Å²) in [6.07, 6.45) is 0.778. The number of benzene rings is 3. The number of nitrogens with zero attached hydrogens (tertiary/aromatic N) is 2. The highest BCUT2D eigenvalue weighted by Gasteiger charge is 2.21. The first-order valence-electron chi connectivity index (χ1n) is 11.2. The first-order chi connectivity index (χ1) is 15.7. The molecule has 0 aliphatic carbocycles. The normalized spacial score (nSPS) is 15.2. The zero-order valence-electron chi connectivity index (χ0n) is 18.6. The van der Waals surface area contributed by atoms with E-state index in [0.29, 0.717) is 6.54 Å². The molecule has 3 aromatic rings. The molecule has 3 aromatic carbocycles. The van der Waals surface area contributed by atoms with Gasteiger partial charge in [-0.1, -0.05) is 66.7 Å². The lowest BCUT2D eigenvalue weighted by molar-refractivity contribution is -0.123. The first-order valence-corrected chi connectivity index (χ1v) is 11.2. The highest BCUT2D eigenvalue weighted by molar-refractivity contribution is 5.78. The van der Waals surface area contributed by atoms with E-state index in [2.05, 4.69) is 51.5 Å². The number of ether oxygens (including phenoxy) is 1. The molecule has 0 spiro atoms. The minimum absolute atomic E-state index is 0.0378. The Morgan fingerprint density at radius 3 is 2.28 bits per heavy atom. The maximum Gasteiger partial charge on any atom is 0.234 e. The summed E-state index contributed by atoms with van der Waals surface area (Å²) in [6.45, 7) is 3.93. The summed E-state index contributed by atoms with van der Waals surface area (Å²) in [5, 5.41) is 3.28. The maximum atomic E-state index is 12.9. The van der Waals surface area contributed by atoms with Gasteiger partial charge in [0, 0.05) is 37.9 Å². The van der Waals surface area contributed by atoms with Gasteiger partial charge in [0.1, 0.15) is 5.75 Å². The summed E-state index contributed by atoms with van der Waals surface area (Å²) in [5.74, 6) is 0.944. The van der Waals surface area contributed by atoms with Gasteiger partial charge in [-0.2, -0.15) is 0 Å². The van der Waals surface area contributed by atoms with E-state index in [-0.39, 0.29) is 11.9 Å². The molecule has 32 heavy (non-hydrogen) atoms. The fourth-order valence-electron chi connectivity index (χ4n) is 4.20. The van der Waals surface area contributed by atoms with Crippen LogP contribution in [-0.4, -0.2) is 50.6 Å². The molecule has 166 valence electrons. The van der Waals surface area contributed by atoms with Gasteiger partial charge in [0.2, 0.25) is 5.91 Å². The van der Waals surface area contributed by atoms with Crippen molar-refractivity contribution in [2.75, 3.05) is 44.7 Å². The lowest BCUT2D eigenvalue weighted by Gasteiger charge is -2.36. The second kappa shape index (κ2) is 10.8. The van der Waals surface area contributed by atoms with Gasteiger partial charge in [-0.05, 0) is 29.7 Å². The summed E-state index contributed by atoms with van der Waals surface area (Å²) in [7, 11) is 1.69. The number of amides is 1. The molecule has 1 aliphatic rings. The Balaban J connectivity index is 1.33. The van der Waals surface area contributed by atoms with Crippen LogP contribution in [-0.2, 0) is 11.2 Å². The van der Waals surface area contributed by atoms with Crippen molar-refractivity contribution in [2.45, 2.75) is 12.5 Å². The summed E-state index contributed by atoms with van der Waals surface area (Å²) in [4.78, 5) is 17.5. The molecule has 1 N–H and O–H groups in total. The monoisotopic (exact) mass is 429 g/mol. The first kappa shape index (κ1) is 21.9. The molecule has 5 heteroatoms. The molecule has 0 radical (unpaired) electrons. The van der Waals surface area contributed by atoms with E-state index >= 15 is 0 Å². The van der Waals surface area contributed by atoms with Crippen LogP contribution in [0, 0.1) is 0 Å². The lowest BCUT2D eigenvalue weighted by atomic mass is 9.99. The number of methoxy groups -OCH3 is 1. The van der Waals surface area contributed by atoms with Crippen molar-refractivity contribution >= 4 is 11.6 Å². The number of carbonyl (C=O) groups excluding carboxylic acids is 1. The van der Waals surface area contributed by atoms with Crippen LogP contribution >= 0.6 is 0 Å². The van der Waals surface area contributed by atoms with Crippen molar-refractivity contribution in [2.24, 2.45) is 0 Å². The van der Waals surface area contributed by atoms with Crippen LogP contribution < -0.4 is 15.0 Å². The van der Waals surface area contributed by atoms with Crippen LogP contribution in [0.5, 0.6) is 5.75 Å². The van der Waals surface area contributed by atoms with Gasteiger partial charge in [-0.15, -0.1) is 0 Å². The molecule has 1 saturated heterocycles. The minimum atomic E-state index is -0.0378. The molecule has 1 atom stereocenters. The van der Waals surface area contributed by atoms with E-state index in [4.69, 9.17) is 4.74 Å². The molecule has 0 aromatic heterocycles. The highest BCUT2D eigenvalue weighted by Crippen LogP contribution is 2.22. The van der Waals surface area contributed by atoms with Crippen LogP contribution in [0.1, 0.15) is 17.2 Å². The fourth-order valence-corrected chi connectivity index (χ4v) is 4.20. The van der Waals surface area contributed by atoms with Crippen molar-refractivity contribution in [3.63, 3.8) is 0 Å². The molecule has 0 saturated carbocycles. The summed E-state index contributed by atoms with van der Waals surface area (Å²) >= 11 is 0. The van der Waals surface area contributed by atoms with Gasteiger partial charge < -0.3 is 15.0 Å². The van der Waals surface area contributed by atoms with Gasteiger partial charge in [-0.25, -0.2) is 0 Å². The topological polar surface area (TPSA) is 44.8 Å². The predicted octanol–water partition coefficient (Wildman–Crippen LogP) is 3.92. The maximum absolute atomic E-state index is 12.9. The van der Waals surface area contributed by atoms with E-state index < -0.39 is 0 Å². The third kappa shape index (κ3) is 5.89. The van der Waals surface area contributed by atoms with E-state index in [9.17, 15) is 4.79 Å². The number of carbonyl (C=O) groups is 1. The Morgan fingerprint density at radius 2 is 1.59 bits per heavy atom. The van der Waals surface area contributed by atoms with Crippen molar-refractivity contribution in [3.05, 3.63) is 96.1 Å². The molecule has 1 amide bonds. The number of piperazine rings is 1. The average molecular weight is 430 g/mol. The smallest absolute Gasteiger partial charge is 0.234 e. The Labute approximate surface area is 190 Å². The molecule has 4 rings (SSSR count). The summed E-state index contributed by atoms with van der Waals surface area (Å²) in [5.41, 5.74) is 3.52. The molecule has 1 heterocycles. The van der Waals surface area contributed by atoms with Crippen LogP contribution in [0.4, 0.5) is 5.69 Å². The van der Waals surface area contributed by atoms with Crippen LogP contribution in [0.25, 0.3) is 0 Å². The third-order valence-corrected chi connectivity index (χ3v) is 5.98. The summed E-state index contributed by atoms with van der Waals surface area (Å²) < 4.78 is 5.35. The lowest BCUT2D eigenvalue weighted by Crippen LogP contribution is -2.50. The van der Waals surface area contributed by atoms with Crippen LogP contribution in [0.15, 0.2) is 84.9 Å². The van der Waals surface area contributed by atoms with E-state index in [1.807, 2.05) is 48.5 Å². The van der Waals surface area contributed by atoms with E-state index in [0.717, 1.165) is 43.9 Å². The van der Waals surface area contributed by atoms with Crippen molar-refractivity contribution < 1.29 is 9.53 Å². The average Bonchev–Trinajstić information content (AvgIpc) is 2.85. The Bertz CT molecular complexity index is 986. The number of nitrogens with one attached hydrogen (secondary N) is 1. The Kier molecular flexibility index (Phi) is 7.41. The predicted molar refractivity (Wildman–Crippen MR) is 129 cm³/mol. The number of rotatable bonds is 8. The van der Waals surface area contributed by atoms with Crippen LogP contribution in [0.3, 0.4) is 0 Å². The highest BCUT2D eigenvalue weighted by atomic mass is 16.5. The van der Waals surface area contributed by atoms with E-state index in [1.54, 1.807) is 7.11 Å². The Hall–Kier alpha value is -3.31. The SMILES string of the molecule is COc1cccc(N2CCN(CC(=O)NC(Cc3ccccc3)c3ccccc3)CC2)c1. The molecule has 5 nitrogen and oxygen atoms in total. The van der Waals surface area contributed by atoms with Gasteiger partial charge in [0.25, 0.3) is 0 Å². The van der Waals surface area contributed by atoms with Crippen LogP contribution in [0.2, 0.25) is 0 Å². The molecule has 1 aliphatic heterocycles. The zero-order chi connectivity index (χ0) is 22.2. The Morgan fingerprint density at radius 1 is 0.906 bits per heavy atom. The molecule has 1 unspecified atom stereocenters. The van der Waals surface area contributed by atoms with Gasteiger partial charge in [0.05, 0.1) is 19.7 Å². The van der Waals surface area contributed by atoms with Crippen molar-refractivity contribution in [3.8, 4) is 5.75 Å². The standard InChI is InChI=1S/C27H31N3O2/c1-32-25-14-8-13-24(20-25)30-17-15-29(16-18-30)21-27(31)28-26(23-11-6-3-7-12-23)19-22-9-4-2-5-10-22/h2-14,20,26H,15-19,21H2,1H3,(H,28,31). The van der Waals surface area contributed by atoms with Gasteiger partial charge in [0.15, 0.2) is 0 Å². The third-order valence-electron chi connectivity index (χ3n) is 5.98. The number of hydrogen-bond donors (Lipinski definition) is 1.